The molecule has 0 atom stereocenters. The van der Waals surface area contributed by atoms with Crippen molar-refractivity contribution in [1.29, 1.82) is 0 Å². The van der Waals surface area contributed by atoms with Crippen LogP contribution < -0.4 is 5.32 Å². The van der Waals surface area contributed by atoms with Gasteiger partial charge in [0.05, 0.1) is 12.8 Å². The number of nitrogens with one attached hydrogen (secondary N) is 1. The number of rotatable bonds is 7. The Morgan fingerprint density at radius 1 is 1.33 bits per heavy atom. The van der Waals surface area contributed by atoms with Crippen molar-refractivity contribution in [3.05, 3.63) is 53.3 Å². The molecule has 1 heterocycles. The van der Waals surface area contributed by atoms with Gasteiger partial charge in [-0.1, -0.05) is 24.3 Å². The molecular weight excluding hydrogens is 266 g/mol. The van der Waals surface area contributed by atoms with Gasteiger partial charge in [-0.15, -0.1) is 0 Å². The molecule has 0 saturated heterocycles. The third-order valence-electron chi connectivity index (χ3n) is 3.22. The van der Waals surface area contributed by atoms with Crippen LogP contribution in [-0.4, -0.2) is 22.8 Å². The van der Waals surface area contributed by atoms with Gasteiger partial charge in [0.2, 0.25) is 5.91 Å². The van der Waals surface area contributed by atoms with Gasteiger partial charge in [0.1, 0.15) is 0 Å². The Kier molecular flexibility index (Phi) is 5.51. The largest absolute Gasteiger partial charge is 0.380 e. The summed E-state index contributed by atoms with van der Waals surface area (Å²) in [6, 6.07) is 7.95. The summed E-state index contributed by atoms with van der Waals surface area (Å²) in [6.45, 7) is 3.66. The number of aromatic nitrogens is 2. The van der Waals surface area contributed by atoms with E-state index in [2.05, 4.69) is 10.4 Å². The molecule has 5 nitrogen and oxygen atoms in total. The van der Waals surface area contributed by atoms with E-state index in [9.17, 15) is 4.79 Å². The van der Waals surface area contributed by atoms with Crippen LogP contribution in [0.1, 0.15) is 23.1 Å². The third-order valence-corrected chi connectivity index (χ3v) is 3.22. The van der Waals surface area contributed by atoms with Crippen molar-refractivity contribution in [2.24, 2.45) is 0 Å². The Bertz CT molecular complexity index is 593. The smallest absolute Gasteiger partial charge is 0.222 e. The van der Waals surface area contributed by atoms with Gasteiger partial charge in [0.25, 0.3) is 0 Å². The van der Waals surface area contributed by atoms with Crippen LogP contribution in [0.15, 0.2) is 36.7 Å². The zero-order chi connectivity index (χ0) is 15.1. The minimum absolute atomic E-state index is 0.0235. The second kappa shape index (κ2) is 7.59. The summed E-state index contributed by atoms with van der Waals surface area (Å²) in [6.07, 6.45) is 4.15. The molecule has 1 N–H and O–H groups in total. The minimum Gasteiger partial charge on any atom is -0.380 e. The Morgan fingerprint density at radius 3 is 2.76 bits per heavy atom. The van der Waals surface area contributed by atoms with Crippen LogP contribution in [0.5, 0.6) is 0 Å². The number of carbonyl (C=O) groups excluding carboxylic acids is 1. The van der Waals surface area contributed by atoms with Gasteiger partial charge >= 0.3 is 0 Å². The number of hydrogen-bond donors (Lipinski definition) is 1. The molecule has 5 heteroatoms. The minimum atomic E-state index is 0.0235. The maximum atomic E-state index is 11.9. The van der Waals surface area contributed by atoms with Crippen LogP contribution in [0, 0.1) is 6.92 Å². The molecule has 0 unspecified atom stereocenters. The first-order valence-corrected chi connectivity index (χ1v) is 7.00. The van der Waals surface area contributed by atoms with E-state index in [0.717, 1.165) is 16.7 Å². The summed E-state index contributed by atoms with van der Waals surface area (Å²) in [5.41, 5.74) is 3.29. The fourth-order valence-electron chi connectivity index (χ4n) is 2.11. The quantitative estimate of drug-likeness (QED) is 0.848. The van der Waals surface area contributed by atoms with E-state index in [0.29, 0.717) is 26.1 Å². The number of carbonyl (C=O) groups is 1. The predicted octanol–water partition coefficient (Wildman–Crippen LogP) is 2.04. The second-order valence-corrected chi connectivity index (χ2v) is 5.01. The van der Waals surface area contributed by atoms with Crippen LogP contribution in [-0.2, 0) is 29.2 Å². The molecule has 0 bridgehead atoms. The Labute approximate surface area is 124 Å². The van der Waals surface area contributed by atoms with Gasteiger partial charge in [-0.25, -0.2) is 0 Å². The molecule has 1 amide bonds. The Morgan fingerprint density at radius 2 is 2.10 bits per heavy atom. The number of hydrogen-bond acceptors (Lipinski definition) is 3. The summed E-state index contributed by atoms with van der Waals surface area (Å²) >= 11 is 0. The van der Waals surface area contributed by atoms with E-state index in [1.165, 1.54) is 0 Å². The van der Waals surface area contributed by atoms with Crippen LogP contribution in [0.3, 0.4) is 0 Å². The van der Waals surface area contributed by atoms with Crippen molar-refractivity contribution >= 4 is 5.91 Å². The van der Waals surface area contributed by atoms with Crippen LogP contribution in [0.2, 0.25) is 0 Å². The molecule has 0 fully saturated rings. The molecule has 21 heavy (non-hydrogen) atoms. The first-order chi connectivity index (χ1) is 10.2. The average molecular weight is 287 g/mol. The van der Waals surface area contributed by atoms with Gasteiger partial charge < -0.3 is 10.1 Å². The van der Waals surface area contributed by atoms with E-state index in [4.69, 9.17) is 4.74 Å². The Balaban J connectivity index is 1.81. The average Bonchev–Trinajstić information content (AvgIpc) is 2.90. The van der Waals surface area contributed by atoms with E-state index in [-0.39, 0.29) is 5.91 Å². The molecule has 0 radical (unpaired) electrons. The third kappa shape index (κ3) is 4.72. The number of benzene rings is 1. The first-order valence-electron chi connectivity index (χ1n) is 7.00. The van der Waals surface area contributed by atoms with Crippen molar-refractivity contribution in [2.75, 3.05) is 7.11 Å². The summed E-state index contributed by atoms with van der Waals surface area (Å²) in [5, 5.41) is 7.10. The molecule has 1 aromatic heterocycles. The molecule has 2 aromatic rings. The van der Waals surface area contributed by atoms with E-state index in [1.54, 1.807) is 18.0 Å². The van der Waals surface area contributed by atoms with Crippen LogP contribution >= 0.6 is 0 Å². The summed E-state index contributed by atoms with van der Waals surface area (Å²) in [7, 11) is 1.67. The number of ether oxygens (including phenoxy) is 1. The highest BCUT2D eigenvalue weighted by molar-refractivity contribution is 5.75. The highest BCUT2D eigenvalue weighted by atomic mass is 16.5. The highest BCUT2D eigenvalue weighted by Gasteiger charge is 2.05. The topological polar surface area (TPSA) is 56.1 Å². The second-order valence-electron chi connectivity index (χ2n) is 5.01. The molecule has 0 aliphatic carbocycles. The van der Waals surface area contributed by atoms with Gasteiger partial charge in [0.15, 0.2) is 0 Å². The van der Waals surface area contributed by atoms with Crippen LogP contribution in [0.4, 0.5) is 0 Å². The number of aryl methyl sites for hydroxylation is 2. The van der Waals surface area contributed by atoms with Crippen molar-refractivity contribution < 1.29 is 9.53 Å². The fourth-order valence-corrected chi connectivity index (χ4v) is 2.11. The maximum absolute atomic E-state index is 11.9. The molecule has 112 valence electrons. The molecule has 0 spiro atoms. The number of amides is 1. The number of nitrogens with zero attached hydrogens (tertiary/aromatic N) is 2. The summed E-state index contributed by atoms with van der Waals surface area (Å²) in [4.78, 5) is 11.9. The van der Waals surface area contributed by atoms with Crippen molar-refractivity contribution in [2.45, 2.75) is 33.0 Å². The monoisotopic (exact) mass is 287 g/mol. The predicted molar refractivity (Wildman–Crippen MR) is 80.6 cm³/mol. The highest BCUT2D eigenvalue weighted by Crippen LogP contribution is 2.09. The lowest BCUT2D eigenvalue weighted by atomic mass is 10.1. The molecule has 2 rings (SSSR count). The van der Waals surface area contributed by atoms with Crippen molar-refractivity contribution in [1.82, 2.24) is 15.1 Å². The van der Waals surface area contributed by atoms with E-state index >= 15 is 0 Å². The van der Waals surface area contributed by atoms with Crippen molar-refractivity contribution in [3.63, 3.8) is 0 Å². The fraction of sp³-hybridized carbons (Fsp3) is 0.375. The van der Waals surface area contributed by atoms with Crippen LogP contribution in [0.25, 0.3) is 0 Å². The maximum Gasteiger partial charge on any atom is 0.222 e. The van der Waals surface area contributed by atoms with Gasteiger partial charge in [-0.2, -0.15) is 5.10 Å². The number of methoxy groups -OCH3 is 1. The molecule has 0 aliphatic heterocycles. The molecular formula is C16H21N3O2. The lowest BCUT2D eigenvalue weighted by Crippen LogP contribution is -2.24. The lowest BCUT2D eigenvalue weighted by molar-refractivity contribution is -0.121. The standard InChI is InChI=1S/C16H21N3O2/c1-13-9-18-19(11-13)8-7-16(20)17-10-14-5-3-4-6-15(14)12-21-2/h3-6,9,11H,7-8,10,12H2,1-2H3,(H,17,20). The zero-order valence-corrected chi connectivity index (χ0v) is 12.5. The van der Waals surface area contributed by atoms with Gasteiger partial charge in [0, 0.05) is 32.8 Å². The van der Waals surface area contributed by atoms with Crippen molar-refractivity contribution in [3.8, 4) is 0 Å². The summed E-state index contributed by atoms with van der Waals surface area (Å²) < 4.78 is 6.94. The van der Waals surface area contributed by atoms with E-state index < -0.39 is 0 Å². The lowest BCUT2D eigenvalue weighted by Gasteiger charge is -2.10. The first kappa shape index (κ1) is 15.3. The summed E-state index contributed by atoms with van der Waals surface area (Å²) in [5.74, 6) is 0.0235. The SMILES string of the molecule is COCc1ccccc1CNC(=O)CCn1cc(C)cn1. The zero-order valence-electron chi connectivity index (χ0n) is 12.5. The molecule has 1 aromatic carbocycles. The normalized spacial score (nSPS) is 10.6. The molecule has 0 saturated carbocycles. The Hall–Kier alpha value is -2.14. The van der Waals surface area contributed by atoms with Gasteiger partial charge in [-0.05, 0) is 23.6 Å². The molecule has 0 aliphatic rings. The van der Waals surface area contributed by atoms with Gasteiger partial charge in [-0.3, -0.25) is 9.48 Å². The van der Waals surface area contributed by atoms with E-state index in [1.807, 2.05) is 37.4 Å².